The third-order valence-electron chi connectivity index (χ3n) is 6.52. The number of amides is 2. The fourth-order valence-corrected chi connectivity index (χ4v) is 5.33. The van der Waals surface area contributed by atoms with Crippen LogP contribution in [0.1, 0.15) is 38.9 Å². The minimum absolute atomic E-state index is 0.0403. The Bertz CT molecular complexity index is 1120. The number of carbonyl (C=O) groups is 2. The molecule has 4 heterocycles. The molecule has 0 bridgehead atoms. The molecule has 2 amide bonds. The number of aromatic nitrogens is 2. The normalized spacial score (nSPS) is 17.0. The van der Waals surface area contributed by atoms with Gasteiger partial charge < -0.3 is 15.1 Å². The minimum Gasteiger partial charge on any atom is -0.353 e. The number of hydrogen-bond acceptors (Lipinski definition) is 6. The van der Waals surface area contributed by atoms with Gasteiger partial charge in [0.1, 0.15) is 0 Å². The van der Waals surface area contributed by atoms with E-state index < -0.39 is 0 Å². The number of benzene rings is 1. The van der Waals surface area contributed by atoms with Crippen molar-refractivity contribution in [1.29, 1.82) is 0 Å². The molecule has 1 N–H and O–H groups in total. The van der Waals surface area contributed by atoms with Crippen LogP contribution in [0.2, 0.25) is 0 Å². The number of piperidine rings is 1. The second-order valence-electron chi connectivity index (χ2n) is 8.77. The Labute approximate surface area is 197 Å². The van der Waals surface area contributed by atoms with E-state index in [2.05, 4.69) is 32.5 Å². The molecule has 0 radical (unpaired) electrons. The number of hydrogen-bond donors (Lipinski definition) is 1. The second kappa shape index (κ2) is 9.31. The highest BCUT2D eigenvalue weighted by Gasteiger charge is 2.33. The lowest BCUT2D eigenvalue weighted by molar-refractivity contribution is -0.120. The Morgan fingerprint density at radius 2 is 1.79 bits per heavy atom. The van der Waals surface area contributed by atoms with Gasteiger partial charge in [0.2, 0.25) is 5.91 Å². The zero-order valence-corrected chi connectivity index (χ0v) is 19.4. The van der Waals surface area contributed by atoms with E-state index in [-0.39, 0.29) is 17.7 Å². The smallest absolute Gasteiger partial charge is 0.263 e. The SMILES string of the molecule is Cc1ccc(C(=O)N2CCC(c3ccc(NC(=O)C4CN(c5cccnn5)C4)cc3)CC2)s1. The van der Waals surface area contributed by atoms with E-state index in [0.717, 1.165) is 42.3 Å². The predicted octanol–water partition coefficient (Wildman–Crippen LogP) is 3.94. The Kier molecular flexibility index (Phi) is 6.09. The maximum Gasteiger partial charge on any atom is 0.263 e. The largest absolute Gasteiger partial charge is 0.353 e. The molecule has 2 saturated heterocycles. The summed E-state index contributed by atoms with van der Waals surface area (Å²) in [5.41, 5.74) is 2.09. The van der Waals surface area contributed by atoms with Crippen LogP contribution < -0.4 is 10.2 Å². The van der Waals surface area contributed by atoms with Crippen LogP contribution in [0.5, 0.6) is 0 Å². The summed E-state index contributed by atoms with van der Waals surface area (Å²) < 4.78 is 0. The Morgan fingerprint density at radius 3 is 2.42 bits per heavy atom. The first-order valence-electron chi connectivity index (χ1n) is 11.4. The van der Waals surface area contributed by atoms with E-state index in [1.807, 2.05) is 48.2 Å². The molecule has 7 nitrogen and oxygen atoms in total. The molecule has 0 unspecified atom stereocenters. The molecular weight excluding hydrogens is 434 g/mol. The highest BCUT2D eigenvalue weighted by molar-refractivity contribution is 7.13. The van der Waals surface area contributed by atoms with Gasteiger partial charge in [0, 0.05) is 42.9 Å². The van der Waals surface area contributed by atoms with Gasteiger partial charge in [-0.2, -0.15) is 5.10 Å². The van der Waals surface area contributed by atoms with Gasteiger partial charge in [-0.25, -0.2) is 0 Å². The Balaban J connectivity index is 1.10. The van der Waals surface area contributed by atoms with Crippen molar-refractivity contribution in [3.63, 3.8) is 0 Å². The molecule has 0 aliphatic carbocycles. The van der Waals surface area contributed by atoms with E-state index >= 15 is 0 Å². The number of rotatable bonds is 5. The van der Waals surface area contributed by atoms with E-state index in [1.54, 1.807) is 17.5 Å². The van der Waals surface area contributed by atoms with E-state index in [4.69, 9.17) is 0 Å². The maximum atomic E-state index is 12.7. The molecular formula is C25H27N5O2S. The maximum absolute atomic E-state index is 12.7. The molecule has 1 aromatic carbocycles. The molecule has 3 aromatic rings. The summed E-state index contributed by atoms with van der Waals surface area (Å²) in [7, 11) is 0. The summed E-state index contributed by atoms with van der Waals surface area (Å²) in [5, 5.41) is 11.0. The van der Waals surface area contributed by atoms with Crippen LogP contribution in [0.25, 0.3) is 0 Å². The first-order chi connectivity index (χ1) is 16.1. The van der Waals surface area contributed by atoms with Crippen LogP contribution in [0, 0.1) is 12.8 Å². The van der Waals surface area contributed by atoms with Crippen molar-refractivity contribution in [3.05, 3.63) is 70.0 Å². The van der Waals surface area contributed by atoms with Crippen molar-refractivity contribution in [1.82, 2.24) is 15.1 Å². The van der Waals surface area contributed by atoms with E-state index in [1.165, 1.54) is 10.4 Å². The molecule has 33 heavy (non-hydrogen) atoms. The number of nitrogens with one attached hydrogen (secondary N) is 1. The van der Waals surface area contributed by atoms with Crippen LogP contribution in [-0.4, -0.2) is 53.1 Å². The fourth-order valence-electron chi connectivity index (χ4n) is 4.50. The van der Waals surface area contributed by atoms with Gasteiger partial charge in [-0.3, -0.25) is 9.59 Å². The van der Waals surface area contributed by atoms with Gasteiger partial charge in [0.15, 0.2) is 5.82 Å². The summed E-state index contributed by atoms with van der Waals surface area (Å²) in [5.74, 6) is 1.40. The summed E-state index contributed by atoms with van der Waals surface area (Å²) in [4.78, 5) is 31.3. The molecule has 2 fully saturated rings. The Hall–Kier alpha value is -3.26. The molecule has 8 heteroatoms. The zero-order chi connectivity index (χ0) is 22.8. The lowest BCUT2D eigenvalue weighted by atomic mass is 9.89. The summed E-state index contributed by atoms with van der Waals surface area (Å²) >= 11 is 1.57. The van der Waals surface area contributed by atoms with Crippen molar-refractivity contribution in [3.8, 4) is 0 Å². The quantitative estimate of drug-likeness (QED) is 0.623. The van der Waals surface area contributed by atoms with Crippen molar-refractivity contribution < 1.29 is 9.59 Å². The molecule has 2 aromatic heterocycles. The molecule has 0 atom stereocenters. The average Bonchev–Trinajstić information content (AvgIpc) is 3.25. The van der Waals surface area contributed by atoms with Crippen LogP contribution in [0.3, 0.4) is 0 Å². The van der Waals surface area contributed by atoms with E-state index in [9.17, 15) is 9.59 Å². The first-order valence-corrected chi connectivity index (χ1v) is 12.2. The van der Waals surface area contributed by atoms with Crippen LogP contribution in [0.4, 0.5) is 11.5 Å². The van der Waals surface area contributed by atoms with Gasteiger partial charge >= 0.3 is 0 Å². The third kappa shape index (κ3) is 4.75. The second-order valence-corrected chi connectivity index (χ2v) is 10.1. The van der Waals surface area contributed by atoms with Crippen molar-refractivity contribution in [2.24, 2.45) is 5.92 Å². The number of carbonyl (C=O) groups excluding carboxylic acids is 2. The van der Waals surface area contributed by atoms with Crippen molar-refractivity contribution >= 4 is 34.7 Å². The highest BCUT2D eigenvalue weighted by Crippen LogP contribution is 2.30. The zero-order valence-electron chi connectivity index (χ0n) is 18.6. The third-order valence-corrected chi connectivity index (χ3v) is 7.51. The molecule has 2 aliphatic rings. The monoisotopic (exact) mass is 461 g/mol. The lowest BCUT2D eigenvalue weighted by Crippen LogP contribution is -2.52. The molecule has 0 saturated carbocycles. The first kappa shape index (κ1) is 21.6. The fraction of sp³-hybridized carbons (Fsp3) is 0.360. The molecule has 2 aliphatic heterocycles. The van der Waals surface area contributed by atoms with Gasteiger partial charge in [-0.05, 0) is 67.6 Å². The minimum atomic E-state index is -0.0410. The summed E-state index contributed by atoms with van der Waals surface area (Å²) in [6.45, 7) is 4.91. The molecule has 170 valence electrons. The molecule has 0 spiro atoms. The number of likely N-dealkylation sites (tertiary alicyclic amines) is 1. The van der Waals surface area contributed by atoms with Crippen LogP contribution in [0.15, 0.2) is 54.7 Å². The van der Waals surface area contributed by atoms with Crippen LogP contribution >= 0.6 is 11.3 Å². The van der Waals surface area contributed by atoms with Crippen molar-refractivity contribution in [2.45, 2.75) is 25.7 Å². The topological polar surface area (TPSA) is 78.4 Å². The average molecular weight is 462 g/mol. The summed E-state index contributed by atoms with van der Waals surface area (Å²) in [6, 6.07) is 15.9. The number of aryl methyl sites for hydroxylation is 1. The number of anilines is 2. The van der Waals surface area contributed by atoms with Gasteiger partial charge in [0.05, 0.1) is 10.8 Å². The molecule has 5 rings (SSSR count). The lowest BCUT2D eigenvalue weighted by Gasteiger charge is -2.38. The van der Waals surface area contributed by atoms with Gasteiger partial charge in [0.25, 0.3) is 5.91 Å². The highest BCUT2D eigenvalue weighted by atomic mass is 32.1. The summed E-state index contributed by atoms with van der Waals surface area (Å²) in [6.07, 6.45) is 3.57. The standard InChI is InChI=1S/C25H27N5O2S/c1-17-4-9-22(33-17)25(32)29-13-10-19(11-14-29)18-5-7-21(8-6-18)27-24(31)20-15-30(16-20)23-3-2-12-26-28-23/h2-9,12,19-20H,10-11,13-16H2,1H3,(H,27,31). The van der Waals surface area contributed by atoms with Gasteiger partial charge in [-0.15, -0.1) is 16.4 Å². The van der Waals surface area contributed by atoms with Gasteiger partial charge in [-0.1, -0.05) is 12.1 Å². The van der Waals surface area contributed by atoms with E-state index in [0.29, 0.717) is 19.0 Å². The number of nitrogens with zero attached hydrogens (tertiary/aromatic N) is 4. The Morgan fingerprint density at radius 1 is 1.03 bits per heavy atom. The predicted molar refractivity (Wildman–Crippen MR) is 130 cm³/mol. The van der Waals surface area contributed by atoms with Crippen LogP contribution in [-0.2, 0) is 4.79 Å². The van der Waals surface area contributed by atoms with Crippen molar-refractivity contribution in [2.75, 3.05) is 36.4 Å². The number of thiophene rings is 1.